The predicted molar refractivity (Wildman–Crippen MR) is 151 cm³/mol. The van der Waals surface area contributed by atoms with Gasteiger partial charge >= 0.3 is 0 Å². The number of methoxy groups -OCH3 is 3. The van der Waals surface area contributed by atoms with E-state index >= 15 is 0 Å². The van der Waals surface area contributed by atoms with Gasteiger partial charge in [-0.25, -0.2) is 0 Å². The molecule has 1 atom stereocenters. The minimum Gasteiger partial charge on any atom is -0.507 e. The van der Waals surface area contributed by atoms with Crippen molar-refractivity contribution in [2.45, 2.75) is 12.5 Å². The van der Waals surface area contributed by atoms with Gasteiger partial charge < -0.3 is 29.2 Å². The minimum absolute atomic E-state index is 0.00512. The van der Waals surface area contributed by atoms with E-state index < -0.39 is 17.7 Å². The summed E-state index contributed by atoms with van der Waals surface area (Å²) >= 11 is 3.39. The van der Waals surface area contributed by atoms with Gasteiger partial charge in [0.05, 0.1) is 32.9 Å². The summed E-state index contributed by atoms with van der Waals surface area (Å²) in [5.74, 6) is 0.0105. The minimum atomic E-state index is -0.890. The van der Waals surface area contributed by atoms with Crippen LogP contribution in [0.3, 0.4) is 0 Å². The molecule has 8 nitrogen and oxygen atoms in total. The number of nitrogens with zero attached hydrogens (tertiary/aromatic N) is 1. The van der Waals surface area contributed by atoms with Crippen LogP contribution in [0.4, 0.5) is 0 Å². The first-order valence-corrected chi connectivity index (χ1v) is 13.1. The summed E-state index contributed by atoms with van der Waals surface area (Å²) in [4.78, 5) is 31.7. The molecule has 1 aromatic heterocycles. The molecule has 1 aliphatic heterocycles. The van der Waals surface area contributed by atoms with Crippen molar-refractivity contribution in [2.75, 3.05) is 27.9 Å². The van der Waals surface area contributed by atoms with Crippen LogP contribution in [0.2, 0.25) is 0 Å². The van der Waals surface area contributed by atoms with Crippen LogP contribution < -0.4 is 14.2 Å². The highest BCUT2D eigenvalue weighted by Crippen LogP contribution is 2.44. The number of benzene rings is 3. The van der Waals surface area contributed by atoms with Gasteiger partial charge in [0.2, 0.25) is 0 Å². The molecule has 0 radical (unpaired) electrons. The van der Waals surface area contributed by atoms with Gasteiger partial charge in [-0.05, 0) is 60.5 Å². The van der Waals surface area contributed by atoms with E-state index in [2.05, 4.69) is 20.9 Å². The number of hydrogen-bond acceptors (Lipinski definition) is 6. The molecule has 1 amide bonds. The highest BCUT2D eigenvalue weighted by molar-refractivity contribution is 9.10. The lowest BCUT2D eigenvalue weighted by molar-refractivity contribution is -0.139. The largest absolute Gasteiger partial charge is 0.507 e. The Morgan fingerprint density at radius 3 is 2.33 bits per heavy atom. The summed E-state index contributed by atoms with van der Waals surface area (Å²) in [6, 6.07) is 16.9. The highest BCUT2D eigenvalue weighted by atomic mass is 79.9. The Morgan fingerprint density at radius 2 is 1.64 bits per heavy atom. The van der Waals surface area contributed by atoms with Gasteiger partial charge in [0.1, 0.15) is 23.0 Å². The lowest BCUT2D eigenvalue weighted by atomic mass is 9.94. The Labute approximate surface area is 233 Å². The maximum atomic E-state index is 13.5. The number of carbonyl (C=O) groups excluding carboxylic acids is 2. The zero-order chi connectivity index (χ0) is 27.7. The number of H-pyrrole nitrogens is 1. The monoisotopic (exact) mass is 590 g/mol. The fourth-order valence-electron chi connectivity index (χ4n) is 4.98. The lowest BCUT2D eigenvalue weighted by Crippen LogP contribution is -2.31. The van der Waals surface area contributed by atoms with E-state index in [4.69, 9.17) is 14.2 Å². The normalized spacial score (nSPS) is 16.6. The van der Waals surface area contributed by atoms with Crippen molar-refractivity contribution in [2.24, 2.45) is 0 Å². The first-order chi connectivity index (χ1) is 18.9. The number of aliphatic hydroxyl groups is 1. The number of aromatic nitrogens is 1. The molecule has 5 rings (SSSR count). The van der Waals surface area contributed by atoms with Gasteiger partial charge in [-0.15, -0.1) is 0 Å². The van der Waals surface area contributed by atoms with Gasteiger partial charge in [-0.2, -0.15) is 0 Å². The molecule has 0 aliphatic carbocycles. The molecule has 4 aromatic rings. The number of nitrogens with one attached hydrogen (secondary N) is 1. The quantitative estimate of drug-likeness (QED) is 0.157. The summed E-state index contributed by atoms with van der Waals surface area (Å²) in [7, 11) is 4.67. The van der Waals surface area contributed by atoms with Crippen molar-refractivity contribution in [1.82, 2.24) is 9.88 Å². The number of halogens is 1. The molecule has 3 aromatic carbocycles. The molecule has 1 saturated heterocycles. The van der Waals surface area contributed by atoms with Crippen LogP contribution in [0.25, 0.3) is 16.7 Å². The van der Waals surface area contributed by atoms with E-state index in [-0.39, 0.29) is 17.9 Å². The zero-order valence-electron chi connectivity index (χ0n) is 21.7. The number of ether oxygens (including phenoxy) is 3. The number of aromatic amines is 1. The fraction of sp³-hybridized carbons (Fsp3) is 0.200. The molecule has 1 aliphatic rings. The van der Waals surface area contributed by atoms with Crippen LogP contribution in [0.5, 0.6) is 17.2 Å². The van der Waals surface area contributed by atoms with E-state index in [0.29, 0.717) is 29.0 Å². The second-order valence-electron chi connectivity index (χ2n) is 9.08. The van der Waals surface area contributed by atoms with Gasteiger partial charge in [0.15, 0.2) is 0 Å². The van der Waals surface area contributed by atoms with Crippen molar-refractivity contribution in [1.29, 1.82) is 0 Å². The third-order valence-corrected chi connectivity index (χ3v) is 7.51. The molecule has 0 saturated carbocycles. The van der Waals surface area contributed by atoms with Gasteiger partial charge in [0.25, 0.3) is 11.7 Å². The maximum absolute atomic E-state index is 13.5. The fourth-order valence-corrected chi connectivity index (χ4v) is 5.25. The number of rotatable bonds is 8. The van der Waals surface area contributed by atoms with E-state index in [0.717, 1.165) is 26.7 Å². The number of amides is 1. The Balaban J connectivity index is 1.61. The molecular formula is C30H27BrN2O6. The van der Waals surface area contributed by atoms with Gasteiger partial charge in [-0.1, -0.05) is 28.1 Å². The van der Waals surface area contributed by atoms with Crippen LogP contribution in [0.15, 0.2) is 76.9 Å². The second kappa shape index (κ2) is 10.9. The Hall–Kier alpha value is -4.24. The molecule has 39 heavy (non-hydrogen) atoms. The smallest absolute Gasteiger partial charge is 0.295 e. The maximum Gasteiger partial charge on any atom is 0.295 e. The third kappa shape index (κ3) is 4.85. The summed E-state index contributed by atoms with van der Waals surface area (Å²) in [6.45, 7) is 0.219. The van der Waals surface area contributed by atoms with Gasteiger partial charge in [-0.3, -0.25) is 9.59 Å². The van der Waals surface area contributed by atoms with Crippen LogP contribution in [0, 0.1) is 0 Å². The number of ketones is 1. The zero-order valence-corrected chi connectivity index (χ0v) is 23.2. The molecule has 0 bridgehead atoms. The molecule has 1 unspecified atom stereocenters. The van der Waals surface area contributed by atoms with E-state index in [1.807, 2.05) is 24.4 Å². The molecule has 2 heterocycles. The third-order valence-electron chi connectivity index (χ3n) is 6.99. The van der Waals surface area contributed by atoms with E-state index in [1.165, 1.54) is 19.1 Å². The molecule has 2 N–H and O–H groups in total. The number of likely N-dealkylation sites (tertiary alicyclic amines) is 1. The van der Waals surface area contributed by atoms with Crippen LogP contribution in [0.1, 0.15) is 22.7 Å². The predicted octanol–water partition coefficient (Wildman–Crippen LogP) is 5.62. The Kier molecular flexibility index (Phi) is 7.34. The van der Waals surface area contributed by atoms with E-state index in [9.17, 15) is 14.7 Å². The first-order valence-electron chi connectivity index (χ1n) is 12.3. The van der Waals surface area contributed by atoms with Crippen LogP contribution in [-0.2, 0) is 16.0 Å². The van der Waals surface area contributed by atoms with Gasteiger partial charge in [0, 0.05) is 39.2 Å². The first kappa shape index (κ1) is 26.4. The summed E-state index contributed by atoms with van der Waals surface area (Å²) in [5, 5.41) is 12.3. The molecule has 0 spiro atoms. The van der Waals surface area contributed by atoms with Crippen molar-refractivity contribution in [3.8, 4) is 17.2 Å². The van der Waals surface area contributed by atoms with Crippen LogP contribution in [-0.4, -0.2) is 54.6 Å². The molecule has 1 fully saturated rings. The standard InChI is InChI=1S/C30H27BrN2O6/c1-37-20-8-10-24-22(14-20)18(16-32-24)12-13-33-27(23-15-21(38-2)9-11-25(23)39-3)26(29(35)30(33)36)28(34)17-4-6-19(31)7-5-17/h4-11,14-16,27,32,34H,12-13H2,1-3H3/b28-26-. The topological polar surface area (TPSA) is 101 Å². The second-order valence-corrected chi connectivity index (χ2v) is 10.00. The van der Waals surface area contributed by atoms with Crippen molar-refractivity contribution in [3.63, 3.8) is 0 Å². The summed E-state index contributed by atoms with van der Waals surface area (Å²) in [5.41, 5.74) is 2.86. The van der Waals surface area contributed by atoms with E-state index in [1.54, 1.807) is 49.6 Å². The number of Topliss-reactive ketones (excluding diaryl/α,β-unsaturated/α-hetero) is 1. The summed E-state index contributed by atoms with van der Waals surface area (Å²) in [6.07, 6.45) is 2.35. The van der Waals surface area contributed by atoms with Crippen LogP contribution >= 0.6 is 15.9 Å². The number of aliphatic hydroxyl groups excluding tert-OH is 1. The van der Waals surface area contributed by atoms with Crippen molar-refractivity contribution >= 4 is 44.3 Å². The molecule has 200 valence electrons. The molecular weight excluding hydrogens is 564 g/mol. The van der Waals surface area contributed by atoms with Crippen molar-refractivity contribution < 1.29 is 28.9 Å². The number of hydrogen-bond donors (Lipinski definition) is 2. The Bertz CT molecular complexity index is 1590. The Morgan fingerprint density at radius 1 is 0.949 bits per heavy atom. The highest BCUT2D eigenvalue weighted by Gasteiger charge is 2.47. The lowest BCUT2D eigenvalue weighted by Gasteiger charge is -2.27. The molecule has 9 heteroatoms. The SMILES string of the molecule is COc1ccc(OC)c(C2/C(=C(/O)c3ccc(Br)cc3)C(=O)C(=O)N2CCc2c[nH]c3ccc(OC)cc23)c1. The number of carbonyl (C=O) groups is 2. The average molecular weight is 591 g/mol. The summed E-state index contributed by atoms with van der Waals surface area (Å²) < 4.78 is 17.3. The average Bonchev–Trinajstić information content (AvgIpc) is 3.48. The van der Waals surface area contributed by atoms with Crippen molar-refractivity contribution in [3.05, 3.63) is 93.6 Å². The number of fused-ring (bicyclic) bond motifs is 1.